The number of alkyl halides is 3. The Hall–Kier alpha value is -3.16. The Morgan fingerprint density at radius 1 is 0.868 bits per heavy atom. The molecular formula is C30H30F6O2. The zero-order chi connectivity index (χ0) is 27.4. The predicted octanol–water partition coefficient (Wildman–Crippen LogP) is 10.2. The highest BCUT2D eigenvalue weighted by Gasteiger charge is 2.33. The fourth-order valence-corrected chi connectivity index (χ4v) is 5.25. The normalized spacial score (nSPS) is 17.9. The zero-order valence-corrected chi connectivity index (χ0v) is 21.3. The highest BCUT2D eigenvalue weighted by atomic mass is 19.4. The second-order valence-electron chi connectivity index (χ2n) is 9.88. The molecule has 0 atom stereocenters. The van der Waals surface area contributed by atoms with Crippen LogP contribution in [0.5, 0.6) is 17.2 Å². The van der Waals surface area contributed by atoms with E-state index in [0.29, 0.717) is 24.3 Å². The van der Waals surface area contributed by atoms with Crippen molar-refractivity contribution in [2.75, 3.05) is 0 Å². The minimum atomic E-state index is -5.03. The molecule has 0 radical (unpaired) electrons. The van der Waals surface area contributed by atoms with Crippen LogP contribution in [0.3, 0.4) is 0 Å². The number of ether oxygens (including phenoxy) is 2. The maximum Gasteiger partial charge on any atom is 0.573 e. The second-order valence-corrected chi connectivity index (χ2v) is 9.88. The largest absolute Gasteiger partial charge is 0.573 e. The van der Waals surface area contributed by atoms with E-state index in [0.717, 1.165) is 44.2 Å². The van der Waals surface area contributed by atoms with Crippen LogP contribution in [0.2, 0.25) is 0 Å². The van der Waals surface area contributed by atoms with Crippen molar-refractivity contribution in [2.45, 2.75) is 71.1 Å². The maximum atomic E-state index is 15.8. The van der Waals surface area contributed by atoms with Crippen molar-refractivity contribution in [3.63, 3.8) is 0 Å². The van der Waals surface area contributed by atoms with Gasteiger partial charge in [-0.15, -0.1) is 13.2 Å². The minimum Gasteiger partial charge on any atom is -0.453 e. The minimum absolute atomic E-state index is 0.0247. The van der Waals surface area contributed by atoms with Gasteiger partial charge in [-0.05, 0) is 79.8 Å². The summed E-state index contributed by atoms with van der Waals surface area (Å²) in [5.74, 6) is -3.17. The van der Waals surface area contributed by atoms with Crippen LogP contribution in [-0.2, 0) is 0 Å². The molecule has 4 rings (SSSR count). The number of hydrogen-bond acceptors (Lipinski definition) is 2. The Labute approximate surface area is 218 Å². The van der Waals surface area contributed by atoms with Crippen LogP contribution in [0.25, 0.3) is 11.1 Å². The number of benzene rings is 3. The molecule has 0 amide bonds. The topological polar surface area (TPSA) is 18.5 Å². The number of rotatable bonds is 8. The first-order valence-electron chi connectivity index (χ1n) is 12.9. The summed E-state index contributed by atoms with van der Waals surface area (Å²) in [5, 5.41) is 0. The third kappa shape index (κ3) is 6.45. The summed E-state index contributed by atoms with van der Waals surface area (Å²) in [7, 11) is 0. The van der Waals surface area contributed by atoms with Gasteiger partial charge in [0.15, 0.2) is 23.1 Å². The molecule has 0 heterocycles. The quantitative estimate of drug-likeness (QED) is 0.267. The highest BCUT2D eigenvalue weighted by molar-refractivity contribution is 5.71. The summed E-state index contributed by atoms with van der Waals surface area (Å²) >= 11 is 0. The Balaban J connectivity index is 1.62. The van der Waals surface area contributed by atoms with Crippen LogP contribution in [0.1, 0.15) is 68.9 Å². The standard InChI is InChI=1S/C30H30F6O2/c1-3-4-7-19-10-12-20(13-11-19)27-24(32)16-18(2)29(28(27)33)37-25-9-6-5-8-22(25)21-14-15-26(23(31)17-21)38-30(34,35)36/h5-6,8-9,14-17,19-20H,3-4,7,10-13H2,1-2H3/t19-,20-. The molecule has 0 aliphatic heterocycles. The molecule has 0 N–H and O–H groups in total. The summed E-state index contributed by atoms with van der Waals surface area (Å²) in [5.41, 5.74) is 0.816. The van der Waals surface area contributed by atoms with Crippen LogP contribution in [0.15, 0.2) is 48.5 Å². The smallest absolute Gasteiger partial charge is 0.453 e. The first kappa shape index (κ1) is 27.9. The van der Waals surface area contributed by atoms with E-state index in [-0.39, 0.29) is 34.1 Å². The van der Waals surface area contributed by atoms with Crippen molar-refractivity contribution in [1.29, 1.82) is 0 Å². The number of halogens is 6. The van der Waals surface area contributed by atoms with Gasteiger partial charge in [0, 0.05) is 11.1 Å². The fraction of sp³-hybridized carbons (Fsp3) is 0.400. The molecule has 0 spiro atoms. The Bertz CT molecular complexity index is 1260. The van der Waals surface area contributed by atoms with Crippen LogP contribution in [0, 0.1) is 30.3 Å². The first-order valence-corrected chi connectivity index (χ1v) is 12.9. The third-order valence-corrected chi connectivity index (χ3v) is 7.18. The van der Waals surface area contributed by atoms with Crippen LogP contribution >= 0.6 is 0 Å². The van der Waals surface area contributed by atoms with Gasteiger partial charge in [0.2, 0.25) is 0 Å². The van der Waals surface area contributed by atoms with E-state index in [1.54, 1.807) is 25.1 Å². The van der Waals surface area contributed by atoms with E-state index in [1.807, 2.05) is 0 Å². The molecule has 0 unspecified atom stereocenters. The van der Waals surface area contributed by atoms with Gasteiger partial charge >= 0.3 is 6.36 Å². The van der Waals surface area contributed by atoms with Crippen LogP contribution < -0.4 is 9.47 Å². The lowest BCUT2D eigenvalue weighted by atomic mass is 9.76. The molecule has 204 valence electrons. The van der Waals surface area contributed by atoms with Crippen molar-refractivity contribution in [1.82, 2.24) is 0 Å². The molecule has 3 aromatic carbocycles. The van der Waals surface area contributed by atoms with E-state index < -0.39 is 29.6 Å². The maximum absolute atomic E-state index is 15.8. The van der Waals surface area contributed by atoms with Gasteiger partial charge in [0.25, 0.3) is 0 Å². The highest BCUT2D eigenvalue weighted by Crippen LogP contribution is 2.44. The van der Waals surface area contributed by atoms with Gasteiger partial charge in [-0.25, -0.2) is 13.2 Å². The molecule has 1 saturated carbocycles. The zero-order valence-electron chi connectivity index (χ0n) is 21.3. The summed E-state index contributed by atoms with van der Waals surface area (Å²) in [6, 6.07) is 10.7. The molecule has 3 aromatic rings. The Kier molecular flexibility index (Phi) is 8.58. The average Bonchev–Trinajstić information content (AvgIpc) is 2.86. The summed E-state index contributed by atoms with van der Waals surface area (Å²) < 4.78 is 92.5. The predicted molar refractivity (Wildman–Crippen MR) is 134 cm³/mol. The van der Waals surface area contributed by atoms with Gasteiger partial charge in [0.1, 0.15) is 11.6 Å². The third-order valence-electron chi connectivity index (χ3n) is 7.18. The number of para-hydroxylation sites is 1. The molecular weight excluding hydrogens is 506 g/mol. The van der Waals surface area contributed by atoms with Crippen molar-refractivity contribution < 1.29 is 35.8 Å². The van der Waals surface area contributed by atoms with Crippen molar-refractivity contribution >= 4 is 0 Å². The first-order chi connectivity index (χ1) is 18.1. The SMILES string of the molecule is CCCC[C@H]1CC[C@H](c2c(F)cc(C)c(Oc3ccccc3-c3ccc(OC(F)(F)F)c(F)c3)c2F)CC1. The molecule has 0 aromatic heterocycles. The van der Waals surface area contributed by atoms with Crippen molar-refractivity contribution in [3.05, 3.63) is 77.1 Å². The summed E-state index contributed by atoms with van der Waals surface area (Å²) in [6.07, 6.45) is 1.64. The summed E-state index contributed by atoms with van der Waals surface area (Å²) in [6.45, 7) is 3.69. The fourth-order valence-electron chi connectivity index (χ4n) is 5.25. The van der Waals surface area contributed by atoms with Crippen molar-refractivity contribution in [3.8, 4) is 28.4 Å². The lowest BCUT2D eigenvalue weighted by Gasteiger charge is -2.29. The van der Waals surface area contributed by atoms with E-state index in [4.69, 9.17) is 4.74 Å². The number of hydrogen-bond donors (Lipinski definition) is 0. The van der Waals surface area contributed by atoms with Gasteiger partial charge in [-0.1, -0.05) is 50.5 Å². The molecule has 0 saturated heterocycles. The molecule has 1 fully saturated rings. The average molecular weight is 537 g/mol. The van der Waals surface area contributed by atoms with E-state index in [1.165, 1.54) is 18.2 Å². The molecule has 2 nitrogen and oxygen atoms in total. The lowest BCUT2D eigenvalue weighted by molar-refractivity contribution is -0.275. The number of unbranched alkanes of at least 4 members (excludes halogenated alkanes) is 1. The van der Waals surface area contributed by atoms with Gasteiger partial charge in [-0.2, -0.15) is 0 Å². The monoisotopic (exact) mass is 536 g/mol. The van der Waals surface area contributed by atoms with E-state index in [2.05, 4.69) is 11.7 Å². The Morgan fingerprint density at radius 2 is 1.58 bits per heavy atom. The Morgan fingerprint density at radius 3 is 2.24 bits per heavy atom. The van der Waals surface area contributed by atoms with Gasteiger partial charge in [0.05, 0.1) is 0 Å². The summed E-state index contributed by atoms with van der Waals surface area (Å²) in [4.78, 5) is 0. The van der Waals surface area contributed by atoms with Crippen LogP contribution in [-0.4, -0.2) is 6.36 Å². The molecule has 0 bridgehead atoms. The van der Waals surface area contributed by atoms with Gasteiger partial charge in [-0.3, -0.25) is 0 Å². The van der Waals surface area contributed by atoms with Crippen LogP contribution in [0.4, 0.5) is 26.3 Å². The number of aryl methyl sites for hydroxylation is 1. The second kappa shape index (κ2) is 11.7. The van der Waals surface area contributed by atoms with Gasteiger partial charge < -0.3 is 9.47 Å². The lowest BCUT2D eigenvalue weighted by Crippen LogP contribution is -2.17. The molecule has 1 aliphatic carbocycles. The molecule has 38 heavy (non-hydrogen) atoms. The van der Waals surface area contributed by atoms with E-state index >= 15 is 8.78 Å². The van der Waals surface area contributed by atoms with Crippen molar-refractivity contribution in [2.24, 2.45) is 5.92 Å². The molecule has 1 aliphatic rings. The molecule has 8 heteroatoms. The van der Waals surface area contributed by atoms with E-state index in [9.17, 15) is 17.6 Å².